The van der Waals surface area contributed by atoms with Crippen molar-refractivity contribution >= 4 is 29.0 Å². The molecule has 3 rings (SSSR count). The maximum absolute atomic E-state index is 13.6. The highest BCUT2D eigenvalue weighted by Crippen LogP contribution is 2.19. The Morgan fingerprint density at radius 3 is 2.41 bits per heavy atom. The molecule has 0 aliphatic rings. The Labute approximate surface area is 205 Å². The zero-order valence-electron chi connectivity index (χ0n) is 20.0. The molecule has 0 bridgehead atoms. The fraction of sp³-hybridized carbons (Fsp3) is 0.333. The summed E-state index contributed by atoms with van der Waals surface area (Å²) in [5.41, 5.74) is 1.39. The zero-order valence-corrected chi connectivity index (χ0v) is 20.8. The second kappa shape index (κ2) is 12.3. The maximum Gasteiger partial charge on any atom is 0.322 e. The molecule has 1 heterocycles. The summed E-state index contributed by atoms with van der Waals surface area (Å²) in [5, 5.41) is 2.74. The van der Waals surface area contributed by atoms with E-state index in [0.717, 1.165) is 16.9 Å². The molecule has 0 saturated heterocycles. The first-order valence-electron chi connectivity index (χ1n) is 11.5. The molecule has 0 radical (unpaired) electrons. The first-order chi connectivity index (χ1) is 16.3. The first kappa shape index (κ1) is 25.4. The molecule has 1 aromatic heterocycles. The zero-order chi connectivity index (χ0) is 24.5. The molecule has 34 heavy (non-hydrogen) atoms. The molecule has 3 aromatic rings. The highest BCUT2D eigenvalue weighted by molar-refractivity contribution is 7.11. The van der Waals surface area contributed by atoms with Gasteiger partial charge in [0.25, 0.3) is 0 Å². The van der Waals surface area contributed by atoms with Crippen molar-refractivity contribution in [3.63, 3.8) is 0 Å². The summed E-state index contributed by atoms with van der Waals surface area (Å²) in [6, 6.07) is 19.3. The van der Waals surface area contributed by atoms with Gasteiger partial charge in [-0.25, -0.2) is 9.18 Å². The van der Waals surface area contributed by atoms with Gasteiger partial charge in [-0.05, 0) is 48.7 Å². The first-order valence-corrected chi connectivity index (χ1v) is 12.3. The molecular formula is C27H32FN3O2S. The van der Waals surface area contributed by atoms with Gasteiger partial charge in [0.15, 0.2) is 0 Å². The second-order valence-electron chi connectivity index (χ2n) is 8.58. The van der Waals surface area contributed by atoms with Crippen molar-refractivity contribution in [2.75, 3.05) is 18.4 Å². The van der Waals surface area contributed by atoms with E-state index in [9.17, 15) is 14.0 Å². The van der Waals surface area contributed by atoms with Crippen molar-refractivity contribution in [2.24, 2.45) is 5.92 Å². The number of carbonyl (C=O) groups is 2. The van der Waals surface area contributed by atoms with Gasteiger partial charge in [-0.3, -0.25) is 4.79 Å². The third-order valence-electron chi connectivity index (χ3n) is 5.63. The van der Waals surface area contributed by atoms with Crippen LogP contribution >= 0.6 is 11.3 Å². The highest BCUT2D eigenvalue weighted by atomic mass is 32.1. The summed E-state index contributed by atoms with van der Waals surface area (Å²) in [7, 11) is 0. The van der Waals surface area contributed by atoms with Crippen molar-refractivity contribution in [3.05, 3.63) is 87.9 Å². The van der Waals surface area contributed by atoms with Gasteiger partial charge >= 0.3 is 6.03 Å². The molecule has 0 aliphatic heterocycles. The minimum atomic E-state index is -0.428. The van der Waals surface area contributed by atoms with Gasteiger partial charge in [-0.15, -0.1) is 11.3 Å². The van der Waals surface area contributed by atoms with Crippen LogP contribution in [0, 0.1) is 18.7 Å². The third kappa shape index (κ3) is 7.70. The minimum Gasteiger partial charge on any atom is -0.332 e. The quantitative estimate of drug-likeness (QED) is 0.369. The molecule has 1 atom stereocenters. The number of rotatable bonds is 10. The Bertz CT molecular complexity index is 1090. The van der Waals surface area contributed by atoms with Crippen LogP contribution in [0.3, 0.4) is 0 Å². The number of benzene rings is 2. The monoisotopic (exact) mass is 481 g/mol. The van der Waals surface area contributed by atoms with Gasteiger partial charge in [0, 0.05) is 28.5 Å². The summed E-state index contributed by atoms with van der Waals surface area (Å²) in [5.74, 6) is -0.344. The number of nitrogens with zero attached hydrogens (tertiary/aromatic N) is 2. The molecule has 5 nitrogen and oxygen atoms in total. The van der Waals surface area contributed by atoms with Crippen molar-refractivity contribution in [1.29, 1.82) is 0 Å². The van der Waals surface area contributed by atoms with E-state index in [-0.39, 0.29) is 18.4 Å². The Kier molecular flexibility index (Phi) is 9.22. The van der Waals surface area contributed by atoms with Gasteiger partial charge in [0.1, 0.15) is 12.4 Å². The van der Waals surface area contributed by atoms with Crippen LogP contribution < -0.4 is 5.32 Å². The summed E-state index contributed by atoms with van der Waals surface area (Å²) in [6.07, 6.45) is 0.875. The van der Waals surface area contributed by atoms with Crippen LogP contribution in [0.25, 0.3) is 0 Å². The molecule has 3 amide bonds. The Hall–Kier alpha value is -3.19. The largest absolute Gasteiger partial charge is 0.332 e. The number of hydrogen-bond donors (Lipinski definition) is 1. The van der Waals surface area contributed by atoms with E-state index in [2.05, 4.69) is 12.2 Å². The lowest BCUT2D eigenvalue weighted by Crippen LogP contribution is -2.45. The van der Waals surface area contributed by atoms with E-state index < -0.39 is 11.8 Å². The normalized spacial score (nSPS) is 11.6. The molecule has 1 unspecified atom stereocenters. The number of thiophene rings is 1. The number of anilines is 1. The lowest BCUT2D eigenvalue weighted by molar-refractivity contribution is -0.133. The van der Waals surface area contributed by atoms with Crippen molar-refractivity contribution < 1.29 is 14.0 Å². The Morgan fingerprint density at radius 1 is 1.00 bits per heavy atom. The number of halogens is 1. The van der Waals surface area contributed by atoms with Crippen molar-refractivity contribution in [3.8, 4) is 0 Å². The number of amides is 3. The van der Waals surface area contributed by atoms with Crippen LogP contribution in [0.15, 0.2) is 66.7 Å². The lowest BCUT2D eigenvalue weighted by atomic mass is 10.1. The van der Waals surface area contributed by atoms with Crippen LogP contribution in [0.2, 0.25) is 0 Å². The van der Waals surface area contributed by atoms with Gasteiger partial charge in [-0.1, -0.05) is 56.7 Å². The number of urea groups is 1. The number of carbonyl (C=O) groups excluding carboxylic acids is 2. The molecule has 1 N–H and O–H groups in total. The van der Waals surface area contributed by atoms with Crippen molar-refractivity contribution in [1.82, 2.24) is 9.80 Å². The fourth-order valence-corrected chi connectivity index (χ4v) is 4.46. The minimum absolute atomic E-state index is 0.0529. The standard InChI is InChI=1S/C27H32FN3O2S/c1-4-20(2)16-31(27(33)29-24-12-8-11-23(28)15-24)19-26(32)30(17-22-9-6-5-7-10-22)18-25-14-13-21(3)34-25/h5-15,20H,4,16-19H2,1-3H3,(H,29,33). The van der Waals surface area contributed by atoms with E-state index in [1.165, 1.54) is 21.9 Å². The number of aryl methyl sites for hydroxylation is 1. The fourth-order valence-electron chi connectivity index (χ4n) is 3.55. The molecule has 0 aliphatic carbocycles. The van der Waals surface area contributed by atoms with E-state index in [1.807, 2.05) is 56.3 Å². The van der Waals surface area contributed by atoms with E-state index in [0.29, 0.717) is 25.3 Å². The van der Waals surface area contributed by atoms with Gasteiger partial charge in [0.05, 0.1) is 6.54 Å². The average Bonchev–Trinajstić information content (AvgIpc) is 3.23. The van der Waals surface area contributed by atoms with Gasteiger partial charge in [0.2, 0.25) is 5.91 Å². The SMILES string of the molecule is CCC(C)CN(CC(=O)N(Cc1ccccc1)Cc1ccc(C)s1)C(=O)Nc1cccc(F)c1. The smallest absolute Gasteiger partial charge is 0.322 e. The lowest BCUT2D eigenvalue weighted by Gasteiger charge is -2.29. The average molecular weight is 482 g/mol. The summed E-state index contributed by atoms with van der Waals surface area (Å²) in [6.45, 7) is 7.46. The number of hydrogen-bond acceptors (Lipinski definition) is 3. The van der Waals surface area contributed by atoms with Crippen LogP contribution in [0.1, 0.15) is 35.6 Å². The molecule has 0 fully saturated rings. The topological polar surface area (TPSA) is 52.7 Å². The molecule has 180 valence electrons. The van der Waals surface area contributed by atoms with Crippen LogP contribution in [-0.4, -0.2) is 34.8 Å². The van der Waals surface area contributed by atoms with Crippen LogP contribution in [0.5, 0.6) is 0 Å². The van der Waals surface area contributed by atoms with Crippen LogP contribution in [0.4, 0.5) is 14.9 Å². The van der Waals surface area contributed by atoms with E-state index >= 15 is 0 Å². The van der Waals surface area contributed by atoms with Crippen LogP contribution in [-0.2, 0) is 17.9 Å². The maximum atomic E-state index is 13.6. The Balaban J connectivity index is 1.78. The molecule has 0 spiro atoms. The predicted molar refractivity (Wildman–Crippen MR) is 136 cm³/mol. The summed E-state index contributed by atoms with van der Waals surface area (Å²) < 4.78 is 13.6. The predicted octanol–water partition coefficient (Wildman–Crippen LogP) is 6.30. The molecule has 7 heteroatoms. The van der Waals surface area contributed by atoms with Crippen molar-refractivity contribution in [2.45, 2.75) is 40.3 Å². The molecular weight excluding hydrogens is 449 g/mol. The van der Waals surface area contributed by atoms with E-state index in [1.54, 1.807) is 28.4 Å². The van der Waals surface area contributed by atoms with Gasteiger partial charge < -0.3 is 15.1 Å². The van der Waals surface area contributed by atoms with Gasteiger partial charge in [-0.2, -0.15) is 0 Å². The van der Waals surface area contributed by atoms with E-state index in [4.69, 9.17) is 0 Å². The summed E-state index contributed by atoms with van der Waals surface area (Å²) in [4.78, 5) is 32.2. The third-order valence-corrected chi connectivity index (χ3v) is 6.62. The molecule has 0 saturated carbocycles. The number of nitrogens with one attached hydrogen (secondary N) is 1. The molecule has 2 aromatic carbocycles. The highest BCUT2D eigenvalue weighted by Gasteiger charge is 2.23. The Morgan fingerprint density at radius 2 is 1.76 bits per heavy atom. The summed E-state index contributed by atoms with van der Waals surface area (Å²) >= 11 is 1.66. The second-order valence-corrected chi connectivity index (χ2v) is 9.95.